The Labute approximate surface area is 209 Å². The molecule has 12 radical (unpaired) electrons. The van der Waals surface area contributed by atoms with Gasteiger partial charge in [0.15, 0.2) is 5.58 Å². The molecule has 0 spiro atoms. The van der Waals surface area contributed by atoms with Crippen molar-refractivity contribution in [1.82, 2.24) is 15.0 Å². The molecule has 0 saturated heterocycles. The summed E-state index contributed by atoms with van der Waals surface area (Å²) in [5.74, 6) is 1.15. The minimum Gasteiger partial charge on any atom is -0.516 e. The highest BCUT2D eigenvalue weighted by Gasteiger charge is 2.30. The summed E-state index contributed by atoms with van der Waals surface area (Å²) < 4.78 is 11.2. The van der Waals surface area contributed by atoms with Crippen LogP contribution in [0.25, 0.3) is 33.3 Å². The predicted molar refractivity (Wildman–Crippen MR) is 138 cm³/mol. The van der Waals surface area contributed by atoms with Gasteiger partial charge < -0.3 is 19.8 Å². The van der Waals surface area contributed by atoms with Crippen molar-refractivity contribution in [3.63, 3.8) is 0 Å². The number of carbonyl (C=O) groups excluding carboxylic acids is 1. The third kappa shape index (κ3) is 5.36. The van der Waals surface area contributed by atoms with Crippen molar-refractivity contribution in [2.24, 2.45) is 5.92 Å². The van der Waals surface area contributed by atoms with Crippen LogP contribution in [-0.4, -0.2) is 78.5 Å². The first-order chi connectivity index (χ1) is 16.4. The number of anilines is 2. The van der Waals surface area contributed by atoms with E-state index in [1.54, 1.807) is 24.3 Å². The molecule has 0 bridgehead atoms. The molecule has 1 aliphatic carbocycles. The van der Waals surface area contributed by atoms with Crippen LogP contribution in [0.5, 0.6) is 5.75 Å². The normalized spacial score (nSPS) is 14.2. The second kappa shape index (κ2) is 8.43. The van der Waals surface area contributed by atoms with Gasteiger partial charge >= 0.3 is 0 Å². The molecule has 3 heterocycles. The molecule has 1 saturated carbocycles. The zero-order valence-electron chi connectivity index (χ0n) is 18.5. The molecule has 1 amide bonds. The Morgan fingerprint density at radius 3 is 2.49 bits per heavy atom. The van der Waals surface area contributed by atoms with Crippen LogP contribution in [0.15, 0.2) is 41.1 Å². The van der Waals surface area contributed by atoms with Gasteiger partial charge in [-0.15, -0.1) is 0 Å². The van der Waals surface area contributed by atoms with E-state index >= 15 is 0 Å². The zero-order valence-corrected chi connectivity index (χ0v) is 18.5. The summed E-state index contributed by atoms with van der Waals surface area (Å²) in [6.45, 7) is 0. The van der Waals surface area contributed by atoms with Crippen molar-refractivity contribution in [3.05, 3.63) is 36.7 Å². The monoisotopic (exact) mass is 449 g/mol. The molecule has 0 atom stereocenters. The first kappa shape index (κ1) is 23.5. The van der Waals surface area contributed by atoms with E-state index < -0.39 is 10.5 Å². The van der Waals surface area contributed by atoms with Crippen LogP contribution in [0.3, 0.4) is 0 Å². The van der Waals surface area contributed by atoms with E-state index in [4.69, 9.17) is 56.2 Å². The number of rotatable bonds is 7. The third-order valence-electron chi connectivity index (χ3n) is 5.19. The highest BCUT2D eigenvalue weighted by atomic mass is 16.5. The van der Waals surface area contributed by atoms with E-state index in [0.29, 0.717) is 44.8 Å². The molecule has 0 unspecified atom stereocenters. The van der Waals surface area contributed by atoms with E-state index in [-0.39, 0.29) is 17.7 Å². The van der Waals surface area contributed by atoms with Crippen molar-refractivity contribution >= 4 is 86.5 Å². The van der Waals surface area contributed by atoms with Crippen molar-refractivity contribution in [3.8, 4) is 17.2 Å². The summed E-state index contributed by atoms with van der Waals surface area (Å²) in [6.07, 6.45) is 4.78. The van der Waals surface area contributed by atoms with Crippen LogP contribution in [-0.2, 0) is 4.79 Å². The topological polar surface area (TPSA) is 102 Å². The van der Waals surface area contributed by atoms with Gasteiger partial charge in [-0.2, -0.15) is 0 Å². The van der Waals surface area contributed by atoms with Crippen molar-refractivity contribution in [2.45, 2.75) is 23.4 Å². The number of nitrogens with one attached hydrogen (secondary N) is 2. The number of amides is 1. The van der Waals surface area contributed by atoms with E-state index in [9.17, 15) is 4.79 Å². The van der Waals surface area contributed by atoms with Crippen LogP contribution >= 0.6 is 0 Å². The molecule has 1 aromatic carbocycles. The SMILES string of the molecule is [B]C([B])([B])Nc1ncc(-c2nc3cc(OC([B])([B])[B])ccc3o2)c2cc(NC(=O)C3CC3)ncc12. The molecule has 2 N–H and O–H groups in total. The van der Waals surface area contributed by atoms with E-state index in [0.717, 1.165) is 12.8 Å². The minimum absolute atomic E-state index is 0.0109. The highest BCUT2D eigenvalue weighted by molar-refractivity contribution is 6.60. The largest absolute Gasteiger partial charge is 0.516 e. The first-order valence-corrected chi connectivity index (χ1v) is 10.7. The number of benzene rings is 1. The van der Waals surface area contributed by atoms with Gasteiger partial charge in [-0.3, -0.25) is 4.79 Å². The molecular formula is C21H13B6N5O3. The number of oxazole rings is 1. The Morgan fingerprint density at radius 1 is 1.03 bits per heavy atom. The number of ether oxygens (including phenoxy) is 1. The van der Waals surface area contributed by atoms with Crippen LogP contribution in [0.4, 0.5) is 11.6 Å². The number of carbonyl (C=O) groups is 1. The van der Waals surface area contributed by atoms with Gasteiger partial charge in [-0.25, -0.2) is 15.0 Å². The molecular weight excluding hydrogens is 435 g/mol. The summed E-state index contributed by atoms with van der Waals surface area (Å²) in [5, 5.41) is 3.14. The van der Waals surface area contributed by atoms with Gasteiger partial charge in [0.25, 0.3) is 0 Å². The Kier molecular flexibility index (Phi) is 5.65. The lowest BCUT2D eigenvalue weighted by Gasteiger charge is -2.24. The Hall–Kier alpha value is -3.29. The summed E-state index contributed by atoms with van der Waals surface area (Å²) >= 11 is 0. The molecule has 14 heteroatoms. The predicted octanol–water partition coefficient (Wildman–Crippen LogP) is 0.811. The van der Waals surface area contributed by atoms with Crippen LogP contribution in [0, 0.1) is 5.92 Å². The lowest BCUT2D eigenvalue weighted by atomic mass is 9.49. The summed E-state index contributed by atoms with van der Waals surface area (Å²) in [6, 6.07) is 6.52. The summed E-state index contributed by atoms with van der Waals surface area (Å²) in [5.41, 5.74) is 1.47. The van der Waals surface area contributed by atoms with E-state index in [2.05, 4.69) is 25.6 Å². The molecule has 1 aliphatic rings. The molecule has 158 valence electrons. The van der Waals surface area contributed by atoms with E-state index in [1.165, 1.54) is 12.4 Å². The van der Waals surface area contributed by atoms with Gasteiger partial charge in [0.1, 0.15) is 46.4 Å². The average molecular weight is 448 g/mol. The van der Waals surface area contributed by atoms with Crippen LogP contribution < -0.4 is 15.4 Å². The van der Waals surface area contributed by atoms with Crippen molar-refractivity contribution in [1.29, 1.82) is 0 Å². The van der Waals surface area contributed by atoms with Gasteiger partial charge in [0.05, 0.1) is 29.1 Å². The lowest BCUT2D eigenvalue weighted by Crippen LogP contribution is -2.40. The van der Waals surface area contributed by atoms with Crippen molar-refractivity contribution in [2.75, 3.05) is 10.6 Å². The maximum atomic E-state index is 12.3. The molecule has 4 aromatic rings. The van der Waals surface area contributed by atoms with Gasteiger partial charge in [-0.1, -0.05) is 5.24 Å². The van der Waals surface area contributed by atoms with Gasteiger partial charge in [-0.05, 0) is 36.3 Å². The molecule has 8 nitrogen and oxygen atoms in total. The summed E-state index contributed by atoms with van der Waals surface area (Å²) in [7, 11) is 33.7. The smallest absolute Gasteiger partial charge is 0.229 e. The molecule has 0 aliphatic heterocycles. The first-order valence-electron chi connectivity index (χ1n) is 10.7. The lowest BCUT2D eigenvalue weighted by molar-refractivity contribution is -0.117. The molecule has 35 heavy (non-hydrogen) atoms. The van der Waals surface area contributed by atoms with Gasteiger partial charge in [0, 0.05) is 35.2 Å². The second-order valence-corrected chi connectivity index (χ2v) is 8.56. The quantitative estimate of drug-likeness (QED) is 0.404. The molecule has 1 fully saturated rings. The molecule has 5 rings (SSSR count). The maximum Gasteiger partial charge on any atom is 0.229 e. The van der Waals surface area contributed by atoms with Crippen LogP contribution in [0.2, 0.25) is 0 Å². The highest BCUT2D eigenvalue weighted by Crippen LogP contribution is 2.36. The zero-order chi connectivity index (χ0) is 25.0. The summed E-state index contributed by atoms with van der Waals surface area (Å²) in [4.78, 5) is 25.5. The van der Waals surface area contributed by atoms with Crippen LogP contribution in [0.1, 0.15) is 12.8 Å². The Bertz CT molecular complexity index is 1450. The Balaban J connectivity index is 1.60. The Morgan fingerprint density at radius 2 is 1.80 bits per heavy atom. The number of pyridine rings is 2. The number of nitrogens with zero attached hydrogens (tertiary/aromatic N) is 3. The fourth-order valence-electron chi connectivity index (χ4n) is 3.54. The van der Waals surface area contributed by atoms with E-state index in [1.807, 2.05) is 0 Å². The number of hydrogen-bond acceptors (Lipinski definition) is 7. The standard InChI is InChI=1S/C21H13B6N5O3/c22-20(23,24)32-17-12-7-28-16(31-18(33)9-1-2-9)6-11(12)13(8-29-17)19-30-14-5-10(35-21(25,26)27)3-4-15(14)34-19/h3-9H,1-2H2,(H,29,32)(H,28,31,33). The van der Waals surface area contributed by atoms with Crippen molar-refractivity contribution < 1.29 is 13.9 Å². The fraction of sp³-hybridized carbons (Fsp3) is 0.238. The third-order valence-corrected chi connectivity index (χ3v) is 5.19. The number of hydrogen-bond donors (Lipinski definition) is 2. The minimum atomic E-state index is -1.85. The second-order valence-electron chi connectivity index (χ2n) is 8.56. The molecule has 3 aromatic heterocycles. The number of fused-ring (bicyclic) bond motifs is 2. The average Bonchev–Trinajstić information content (AvgIpc) is 3.51. The fourth-order valence-corrected chi connectivity index (χ4v) is 3.54. The maximum absolute atomic E-state index is 12.3. The van der Waals surface area contributed by atoms with Gasteiger partial charge in [0.2, 0.25) is 11.8 Å². The number of aromatic nitrogens is 3.